The van der Waals surface area contributed by atoms with Crippen LogP contribution in [-0.4, -0.2) is 25.2 Å². The SMILES string of the molecule is Cc1cc(NC(=O)c2ccc3c(=O)n(-c4cccc(C)c4C)c(=S)[nH]c3c2)n(C)n1. The van der Waals surface area contributed by atoms with E-state index in [0.717, 1.165) is 22.5 Å². The number of carbonyl (C=O) groups is 1. The van der Waals surface area contributed by atoms with E-state index in [1.165, 1.54) is 4.57 Å². The summed E-state index contributed by atoms with van der Waals surface area (Å²) in [6, 6.07) is 12.5. The van der Waals surface area contributed by atoms with Crippen molar-refractivity contribution in [1.29, 1.82) is 0 Å². The average Bonchev–Trinajstić information content (AvgIpc) is 3.01. The molecule has 0 aliphatic heterocycles. The van der Waals surface area contributed by atoms with E-state index in [4.69, 9.17) is 12.2 Å². The molecule has 4 rings (SSSR count). The van der Waals surface area contributed by atoms with Crippen molar-refractivity contribution >= 4 is 34.8 Å². The van der Waals surface area contributed by atoms with Gasteiger partial charge in [0.1, 0.15) is 5.82 Å². The van der Waals surface area contributed by atoms with E-state index in [9.17, 15) is 9.59 Å². The van der Waals surface area contributed by atoms with Gasteiger partial charge in [-0.05, 0) is 68.4 Å². The Labute approximate surface area is 178 Å². The number of H-pyrrole nitrogens is 1. The molecule has 0 aliphatic rings. The number of aromatic nitrogens is 4. The first kappa shape index (κ1) is 19.8. The van der Waals surface area contributed by atoms with Crippen LogP contribution in [0.5, 0.6) is 0 Å². The van der Waals surface area contributed by atoms with Gasteiger partial charge in [-0.1, -0.05) is 12.1 Å². The van der Waals surface area contributed by atoms with Crippen LogP contribution in [0.3, 0.4) is 0 Å². The van der Waals surface area contributed by atoms with Gasteiger partial charge >= 0.3 is 0 Å². The van der Waals surface area contributed by atoms with Crippen LogP contribution in [0.1, 0.15) is 27.2 Å². The van der Waals surface area contributed by atoms with Crippen molar-refractivity contribution < 1.29 is 4.79 Å². The van der Waals surface area contributed by atoms with Gasteiger partial charge in [0.05, 0.1) is 22.3 Å². The number of carbonyl (C=O) groups excluding carboxylic acids is 1. The Bertz CT molecular complexity index is 1430. The third-order valence-electron chi connectivity index (χ3n) is 5.22. The molecular formula is C22H21N5O2S. The molecule has 8 heteroatoms. The monoisotopic (exact) mass is 419 g/mol. The van der Waals surface area contributed by atoms with E-state index < -0.39 is 0 Å². The lowest BCUT2D eigenvalue weighted by molar-refractivity contribution is 0.102. The normalized spacial score (nSPS) is 11.1. The van der Waals surface area contributed by atoms with E-state index in [2.05, 4.69) is 15.4 Å². The second-order valence-electron chi connectivity index (χ2n) is 7.30. The molecule has 30 heavy (non-hydrogen) atoms. The van der Waals surface area contributed by atoms with Gasteiger partial charge in [-0.25, -0.2) is 0 Å². The Morgan fingerprint density at radius 2 is 1.90 bits per heavy atom. The minimum absolute atomic E-state index is 0.225. The third kappa shape index (κ3) is 3.35. The lowest BCUT2D eigenvalue weighted by atomic mass is 10.1. The van der Waals surface area contributed by atoms with Crippen LogP contribution >= 0.6 is 12.2 Å². The highest BCUT2D eigenvalue weighted by Crippen LogP contribution is 2.19. The molecule has 0 bridgehead atoms. The molecule has 0 fully saturated rings. The number of aromatic amines is 1. The lowest BCUT2D eigenvalue weighted by Crippen LogP contribution is -2.22. The number of nitrogens with one attached hydrogen (secondary N) is 2. The van der Waals surface area contributed by atoms with Crippen molar-refractivity contribution in [2.24, 2.45) is 7.05 Å². The van der Waals surface area contributed by atoms with Crippen molar-refractivity contribution in [2.45, 2.75) is 20.8 Å². The van der Waals surface area contributed by atoms with Crippen LogP contribution in [0.2, 0.25) is 0 Å². The van der Waals surface area contributed by atoms with Gasteiger partial charge in [0.25, 0.3) is 11.5 Å². The molecule has 0 unspecified atom stereocenters. The highest BCUT2D eigenvalue weighted by molar-refractivity contribution is 7.71. The minimum Gasteiger partial charge on any atom is -0.331 e. The number of anilines is 1. The molecule has 1 amide bonds. The quantitative estimate of drug-likeness (QED) is 0.492. The van der Waals surface area contributed by atoms with Crippen molar-refractivity contribution in [3.05, 3.63) is 80.0 Å². The molecule has 2 heterocycles. The van der Waals surface area contributed by atoms with Crippen molar-refractivity contribution in [3.63, 3.8) is 0 Å². The van der Waals surface area contributed by atoms with Crippen molar-refractivity contribution in [3.8, 4) is 5.69 Å². The molecule has 0 saturated heterocycles. The number of rotatable bonds is 3. The largest absolute Gasteiger partial charge is 0.331 e. The highest BCUT2D eigenvalue weighted by Gasteiger charge is 2.14. The summed E-state index contributed by atoms with van der Waals surface area (Å²) in [5, 5.41) is 7.51. The first-order valence-corrected chi connectivity index (χ1v) is 9.85. The fourth-order valence-corrected chi connectivity index (χ4v) is 3.76. The summed E-state index contributed by atoms with van der Waals surface area (Å²) >= 11 is 5.48. The molecule has 0 atom stereocenters. The molecule has 4 aromatic rings. The zero-order valence-electron chi connectivity index (χ0n) is 17.1. The molecule has 2 aromatic heterocycles. The van der Waals surface area contributed by atoms with Crippen LogP contribution in [-0.2, 0) is 7.05 Å². The number of nitrogens with zero attached hydrogens (tertiary/aromatic N) is 3. The molecule has 7 nitrogen and oxygen atoms in total. The summed E-state index contributed by atoms with van der Waals surface area (Å²) in [4.78, 5) is 29.0. The van der Waals surface area contributed by atoms with E-state index in [1.54, 1.807) is 36.0 Å². The molecule has 2 N–H and O–H groups in total. The molecule has 0 saturated carbocycles. The minimum atomic E-state index is -0.294. The summed E-state index contributed by atoms with van der Waals surface area (Å²) in [7, 11) is 1.76. The Morgan fingerprint density at radius 3 is 2.60 bits per heavy atom. The van der Waals surface area contributed by atoms with Crippen molar-refractivity contribution in [1.82, 2.24) is 19.3 Å². The van der Waals surface area contributed by atoms with E-state index in [0.29, 0.717) is 22.3 Å². The smallest absolute Gasteiger partial charge is 0.266 e. The average molecular weight is 420 g/mol. The zero-order valence-corrected chi connectivity index (χ0v) is 17.9. The summed E-state index contributed by atoms with van der Waals surface area (Å²) in [6.45, 7) is 5.81. The number of hydrogen-bond acceptors (Lipinski definition) is 4. The summed E-state index contributed by atoms with van der Waals surface area (Å²) < 4.78 is 3.38. The maximum absolute atomic E-state index is 13.2. The Morgan fingerprint density at radius 1 is 1.13 bits per heavy atom. The van der Waals surface area contributed by atoms with E-state index in [-0.39, 0.29) is 16.2 Å². The Hall–Kier alpha value is -3.52. The second-order valence-corrected chi connectivity index (χ2v) is 7.69. The fraction of sp³-hybridized carbons (Fsp3) is 0.182. The highest BCUT2D eigenvalue weighted by atomic mass is 32.1. The predicted octanol–water partition coefficient (Wildman–Crippen LogP) is 3.96. The fourth-order valence-electron chi connectivity index (χ4n) is 3.47. The van der Waals surface area contributed by atoms with Crippen LogP contribution < -0.4 is 10.9 Å². The Balaban J connectivity index is 1.79. The first-order valence-electron chi connectivity index (χ1n) is 9.44. The maximum Gasteiger partial charge on any atom is 0.266 e. The topological polar surface area (TPSA) is 84.7 Å². The van der Waals surface area contributed by atoms with Crippen LogP contribution in [0.25, 0.3) is 16.6 Å². The van der Waals surface area contributed by atoms with Crippen LogP contribution in [0.15, 0.2) is 47.3 Å². The summed E-state index contributed by atoms with van der Waals surface area (Å²) in [5.74, 6) is 0.300. The standard InChI is InChI=1S/C22H21N5O2S/c1-12-6-5-7-18(14(12)3)27-21(29)16-9-8-15(11-17(16)23-22(27)30)20(28)24-19-10-13(2)25-26(19)4/h5-11H,1-4H3,(H,23,30)(H,24,28). The van der Waals surface area contributed by atoms with Gasteiger partial charge in [-0.2, -0.15) is 5.10 Å². The van der Waals surface area contributed by atoms with Gasteiger partial charge in [0.2, 0.25) is 0 Å². The summed E-state index contributed by atoms with van der Waals surface area (Å²) in [6.07, 6.45) is 0. The molecule has 152 valence electrons. The van der Waals surface area contributed by atoms with Gasteiger partial charge in [-0.15, -0.1) is 0 Å². The zero-order chi connectivity index (χ0) is 21.6. The first-order chi connectivity index (χ1) is 14.3. The van der Waals surface area contributed by atoms with Gasteiger partial charge in [0.15, 0.2) is 4.77 Å². The van der Waals surface area contributed by atoms with Gasteiger partial charge in [0, 0.05) is 18.7 Å². The number of amides is 1. The van der Waals surface area contributed by atoms with Crippen molar-refractivity contribution in [2.75, 3.05) is 5.32 Å². The maximum atomic E-state index is 13.2. The number of aryl methyl sites for hydroxylation is 3. The molecule has 0 spiro atoms. The summed E-state index contributed by atoms with van der Waals surface area (Å²) in [5.41, 5.74) is 4.32. The number of hydrogen-bond donors (Lipinski definition) is 2. The predicted molar refractivity (Wildman–Crippen MR) is 120 cm³/mol. The Kier molecular flexibility index (Phi) is 4.87. The van der Waals surface area contributed by atoms with E-state index in [1.807, 2.05) is 39.0 Å². The number of fused-ring (bicyclic) bond motifs is 1. The van der Waals surface area contributed by atoms with Crippen LogP contribution in [0.4, 0.5) is 5.82 Å². The molecular weight excluding hydrogens is 398 g/mol. The molecule has 0 aliphatic carbocycles. The molecule has 0 radical (unpaired) electrons. The van der Waals surface area contributed by atoms with Gasteiger partial charge < -0.3 is 10.3 Å². The molecule has 2 aromatic carbocycles. The van der Waals surface area contributed by atoms with E-state index >= 15 is 0 Å². The lowest BCUT2D eigenvalue weighted by Gasteiger charge is -2.13. The van der Waals surface area contributed by atoms with Gasteiger partial charge in [-0.3, -0.25) is 18.8 Å². The van der Waals surface area contributed by atoms with Crippen LogP contribution in [0, 0.1) is 25.5 Å². The second kappa shape index (κ2) is 7.38. The third-order valence-corrected chi connectivity index (χ3v) is 5.51. The number of benzene rings is 2.